The van der Waals surface area contributed by atoms with Gasteiger partial charge in [0.25, 0.3) is 0 Å². The molecule has 0 radical (unpaired) electrons. The Kier molecular flexibility index (Phi) is 2.50. The standard InChI is InChI=1S/C13H16N2O2/c1-9(16)15-8-10-4-5-12(15)13(10)17-11-3-2-6-14-7-11/h2-3,6-7,10,12-13H,4-5,8H2,1H3/t10-,12+,13+/m1/s1. The highest BCUT2D eigenvalue weighted by atomic mass is 16.5. The Morgan fingerprint density at radius 1 is 1.53 bits per heavy atom. The average Bonchev–Trinajstić information content (AvgIpc) is 2.88. The van der Waals surface area contributed by atoms with Gasteiger partial charge in [0.1, 0.15) is 11.9 Å². The van der Waals surface area contributed by atoms with Crippen LogP contribution in [-0.4, -0.2) is 34.5 Å². The summed E-state index contributed by atoms with van der Waals surface area (Å²) in [6, 6.07) is 4.05. The zero-order valence-electron chi connectivity index (χ0n) is 9.87. The van der Waals surface area contributed by atoms with Crippen LogP contribution in [0.1, 0.15) is 19.8 Å². The lowest BCUT2D eigenvalue weighted by Gasteiger charge is -2.25. The number of carbonyl (C=O) groups excluding carboxylic acids is 1. The quantitative estimate of drug-likeness (QED) is 0.775. The summed E-state index contributed by atoms with van der Waals surface area (Å²) in [6.07, 6.45) is 5.85. The van der Waals surface area contributed by atoms with Gasteiger partial charge in [0.2, 0.25) is 5.91 Å². The smallest absolute Gasteiger partial charge is 0.219 e. The predicted molar refractivity (Wildman–Crippen MR) is 62.6 cm³/mol. The minimum atomic E-state index is 0.156. The monoisotopic (exact) mass is 232 g/mol. The van der Waals surface area contributed by atoms with Crippen molar-refractivity contribution >= 4 is 5.91 Å². The summed E-state index contributed by atoms with van der Waals surface area (Å²) >= 11 is 0. The summed E-state index contributed by atoms with van der Waals surface area (Å²) in [4.78, 5) is 17.5. The fourth-order valence-electron chi connectivity index (χ4n) is 3.05. The first kappa shape index (κ1) is 10.6. The van der Waals surface area contributed by atoms with E-state index < -0.39 is 0 Å². The third kappa shape index (κ3) is 1.77. The lowest BCUT2D eigenvalue weighted by Crippen LogP contribution is -2.39. The fraction of sp³-hybridized carbons (Fsp3) is 0.538. The summed E-state index contributed by atoms with van der Waals surface area (Å²) in [6.45, 7) is 2.49. The molecule has 3 rings (SSSR count). The van der Waals surface area contributed by atoms with Gasteiger partial charge in [0.05, 0.1) is 12.2 Å². The molecule has 1 aliphatic heterocycles. The van der Waals surface area contributed by atoms with Crippen LogP contribution in [0.4, 0.5) is 0 Å². The second-order valence-electron chi connectivity index (χ2n) is 4.85. The molecule has 1 aromatic heterocycles. The summed E-state index contributed by atoms with van der Waals surface area (Å²) in [7, 11) is 0. The topological polar surface area (TPSA) is 42.4 Å². The molecular weight excluding hydrogens is 216 g/mol. The minimum Gasteiger partial charge on any atom is -0.486 e. The molecule has 1 saturated carbocycles. The Morgan fingerprint density at radius 2 is 2.41 bits per heavy atom. The zero-order chi connectivity index (χ0) is 11.8. The van der Waals surface area contributed by atoms with Gasteiger partial charge in [-0.05, 0) is 25.0 Å². The molecule has 1 aromatic rings. The molecule has 4 heteroatoms. The first-order valence-corrected chi connectivity index (χ1v) is 6.09. The van der Waals surface area contributed by atoms with Gasteiger partial charge < -0.3 is 9.64 Å². The van der Waals surface area contributed by atoms with Crippen molar-refractivity contribution in [1.82, 2.24) is 9.88 Å². The van der Waals surface area contributed by atoms with E-state index in [1.807, 2.05) is 17.0 Å². The molecule has 2 aliphatic rings. The molecule has 4 nitrogen and oxygen atoms in total. The highest BCUT2D eigenvalue weighted by Gasteiger charge is 2.49. The van der Waals surface area contributed by atoms with Crippen molar-refractivity contribution in [2.75, 3.05) is 6.54 Å². The zero-order valence-corrected chi connectivity index (χ0v) is 9.87. The molecule has 2 fully saturated rings. The molecule has 0 spiro atoms. The van der Waals surface area contributed by atoms with E-state index in [4.69, 9.17) is 4.74 Å². The Balaban J connectivity index is 1.75. The van der Waals surface area contributed by atoms with Gasteiger partial charge in [-0.25, -0.2) is 0 Å². The lowest BCUT2D eigenvalue weighted by molar-refractivity contribution is -0.130. The normalized spacial score (nSPS) is 30.6. The molecule has 2 bridgehead atoms. The first-order valence-electron chi connectivity index (χ1n) is 6.09. The number of rotatable bonds is 2. The number of aromatic nitrogens is 1. The van der Waals surface area contributed by atoms with E-state index in [1.54, 1.807) is 19.3 Å². The van der Waals surface area contributed by atoms with Gasteiger partial charge in [-0.3, -0.25) is 9.78 Å². The van der Waals surface area contributed by atoms with E-state index in [9.17, 15) is 4.79 Å². The Morgan fingerprint density at radius 3 is 3.06 bits per heavy atom. The van der Waals surface area contributed by atoms with Gasteiger partial charge in [-0.15, -0.1) is 0 Å². The lowest BCUT2D eigenvalue weighted by atomic mass is 10.1. The van der Waals surface area contributed by atoms with E-state index in [-0.39, 0.29) is 18.1 Å². The van der Waals surface area contributed by atoms with Crippen LogP contribution < -0.4 is 4.74 Å². The maximum absolute atomic E-state index is 11.5. The van der Waals surface area contributed by atoms with Crippen LogP contribution in [0.3, 0.4) is 0 Å². The highest BCUT2D eigenvalue weighted by Crippen LogP contribution is 2.40. The second kappa shape index (κ2) is 4.02. The van der Waals surface area contributed by atoms with Gasteiger partial charge >= 0.3 is 0 Å². The number of fused-ring (bicyclic) bond motifs is 2. The highest BCUT2D eigenvalue weighted by molar-refractivity contribution is 5.74. The van der Waals surface area contributed by atoms with Crippen LogP contribution in [0, 0.1) is 5.92 Å². The van der Waals surface area contributed by atoms with E-state index in [0.29, 0.717) is 5.92 Å². The molecule has 1 saturated heterocycles. The average molecular weight is 232 g/mol. The Labute approximate surface area is 101 Å². The predicted octanol–water partition coefficient (Wildman–Crippen LogP) is 1.47. The van der Waals surface area contributed by atoms with Crippen molar-refractivity contribution in [2.24, 2.45) is 5.92 Å². The Hall–Kier alpha value is -1.58. The molecule has 17 heavy (non-hydrogen) atoms. The third-order valence-electron chi connectivity index (χ3n) is 3.82. The summed E-state index contributed by atoms with van der Waals surface area (Å²) in [5, 5.41) is 0. The molecule has 0 aromatic carbocycles. The third-order valence-corrected chi connectivity index (χ3v) is 3.82. The van der Waals surface area contributed by atoms with E-state index >= 15 is 0 Å². The van der Waals surface area contributed by atoms with Crippen molar-refractivity contribution < 1.29 is 9.53 Å². The molecule has 1 amide bonds. The molecule has 0 unspecified atom stereocenters. The number of piperidine rings is 1. The van der Waals surface area contributed by atoms with Crippen LogP contribution in [-0.2, 0) is 4.79 Å². The van der Waals surface area contributed by atoms with Crippen LogP contribution >= 0.6 is 0 Å². The number of hydrogen-bond donors (Lipinski definition) is 0. The number of carbonyl (C=O) groups is 1. The largest absolute Gasteiger partial charge is 0.486 e. The number of pyridine rings is 1. The molecule has 2 heterocycles. The first-order chi connectivity index (χ1) is 8.25. The molecule has 3 atom stereocenters. The van der Waals surface area contributed by atoms with Gasteiger partial charge in [-0.2, -0.15) is 0 Å². The molecule has 0 N–H and O–H groups in total. The van der Waals surface area contributed by atoms with Crippen LogP contribution in [0.15, 0.2) is 24.5 Å². The van der Waals surface area contributed by atoms with Crippen LogP contribution in [0.5, 0.6) is 5.75 Å². The van der Waals surface area contributed by atoms with Crippen molar-refractivity contribution in [2.45, 2.75) is 31.9 Å². The maximum Gasteiger partial charge on any atom is 0.219 e. The van der Waals surface area contributed by atoms with Crippen molar-refractivity contribution in [1.29, 1.82) is 0 Å². The van der Waals surface area contributed by atoms with Gasteiger partial charge in [-0.1, -0.05) is 0 Å². The molecular formula is C13H16N2O2. The number of likely N-dealkylation sites (tertiary alicyclic amines) is 1. The van der Waals surface area contributed by atoms with Crippen molar-refractivity contribution in [3.8, 4) is 5.75 Å². The minimum absolute atomic E-state index is 0.156. The van der Waals surface area contributed by atoms with E-state index in [1.165, 1.54) is 6.42 Å². The number of nitrogens with zero attached hydrogens (tertiary/aromatic N) is 2. The number of amides is 1. The Bertz CT molecular complexity index is 421. The molecule has 90 valence electrons. The van der Waals surface area contributed by atoms with E-state index in [0.717, 1.165) is 18.7 Å². The van der Waals surface area contributed by atoms with E-state index in [2.05, 4.69) is 4.98 Å². The van der Waals surface area contributed by atoms with Crippen LogP contribution in [0.2, 0.25) is 0 Å². The van der Waals surface area contributed by atoms with Gasteiger partial charge in [0.15, 0.2) is 0 Å². The number of ether oxygens (including phenoxy) is 1. The summed E-state index contributed by atoms with van der Waals surface area (Å²) < 4.78 is 5.99. The summed E-state index contributed by atoms with van der Waals surface area (Å²) in [5.74, 6) is 1.46. The van der Waals surface area contributed by atoms with Gasteiger partial charge in [0, 0.05) is 25.6 Å². The van der Waals surface area contributed by atoms with Crippen molar-refractivity contribution in [3.05, 3.63) is 24.5 Å². The van der Waals surface area contributed by atoms with Crippen molar-refractivity contribution in [3.63, 3.8) is 0 Å². The maximum atomic E-state index is 11.5. The summed E-state index contributed by atoms with van der Waals surface area (Å²) in [5.41, 5.74) is 0. The fourth-order valence-corrected chi connectivity index (χ4v) is 3.05. The van der Waals surface area contributed by atoms with Crippen LogP contribution in [0.25, 0.3) is 0 Å². The SMILES string of the molecule is CC(=O)N1C[C@H]2CC[C@H]1[C@H]2Oc1cccnc1. The number of hydrogen-bond acceptors (Lipinski definition) is 3. The molecule has 1 aliphatic carbocycles. The second-order valence-corrected chi connectivity index (χ2v) is 4.85.